The normalized spacial score (nSPS) is 19.2. The highest BCUT2D eigenvalue weighted by atomic mass is 14.3. The van der Waals surface area contributed by atoms with Gasteiger partial charge in [0.1, 0.15) is 0 Å². The van der Waals surface area contributed by atoms with Gasteiger partial charge in [-0.2, -0.15) is 0 Å². The Hall–Kier alpha value is -1.56. The van der Waals surface area contributed by atoms with Gasteiger partial charge in [-0.3, -0.25) is 0 Å². The van der Waals surface area contributed by atoms with Gasteiger partial charge in [0.15, 0.2) is 0 Å². The molecule has 0 heterocycles. The number of aryl methyl sites for hydroxylation is 2. The summed E-state index contributed by atoms with van der Waals surface area (Å²) in [5.41, 5.74) is 5.40. The molecule has 2 aromatic carbocycles. The highest BCUT2D eigenvalue weighted by Crippen LogP contribution is 2.38. The Bertz CT molecular complexity index is 967. The fourth-order valence-corrected chi connectivity index (χ4v) is 8.50. The molecule has 0 atom stereocenters. The van der Waals surface area contributed by atoms with Crippen molar-refractivity contribution in [2.24, 2.45) is 35.5 Å². The number of hydrogen-bond acceptors (Lipinski definition) is 0. The molecule has 4 aliphatic carbocycles. The molecule has 0 bridgehead atoms. The Kier molecular flexibility index (Phi) is 73.0. The van der Waals surface area contributed by atoms with Crippen LogP contribution in [0.15, 0.2) is 48.5 Å². The van der Waals surface area contributed by atoms with Crippen molar-refractivity contribution in [2.45, 2.75) is 319 Å². The molecule has 0 heteroatoms. The van der Waals surface area contributed by atoms with Crippen LogP contribution in [0.5, 0.6) is 0 Å². The quantitative estimate of drug-likeness (QED) is 0.260. The summed E-state index contributed by atoms with van der Waals surface area (Å²) in [6, 6.07) is 17.5. The van der Waals surface area contributed by atoms with Gasteiger partial charge in [-0.05, 0) is 73.3 Å². The second kappa shape index (κ2) is 63.4. The zero-order valence-electron chi connectivity index (χ0n) is 50.5. The number of rotatable bonds is 7. The third-order valence-corrected chi connectivity index (χ3v) is 12.5. The first-order chi connectivity index (χ1) is 32.0. The minimum atomic E-state index is 1.02. The van der Waals surface area contributed by atoms with Crippen molar-refractivity contribution in [1.82, 2.24) is 0 Å². The molecule has 0 saturated heterocycles. The lowest BCUT2D eigenvalue weighted by molar-refractivity contribution is 0.201. The highest BCUT2D eigenvalue weighted by molar-refractivity contribution is 5.29. The predicted molar refractivity (Wildman–Crippen MR) is 315 cm³/mol. The van der Waals surface area contributed by atoms with Crippen LogP contribution in [0.25, 0.3) is 0 Å². The predicted octanol–water partition coefficient (Wildman–Crippen LogP) is 24.6. The van der Waals surface area contributed by atoms with Crippen molar-refractivity contribution >= 4 is 0 Å². The minimum Gasteiger partial charge on any atom is -0.0683 e. The molecule has 0 aromatic heterocycles. The summed E-state index contributed by atoms with van der Waals surface area (Å²) in [7, 11) is 0. The van der Waals surface area contributed by atoms with Crippen molar-refractivity contribution in [3.8, 4) is 0 Å². The summed E-state index contributed by atoms with van der Waals surface area (Å²) in [5.74, 6) is 6.36. The minimum absolute atomic E-state index is 1.02. The maximum absolute atomic E-state index is 2.43. The van der Waals surface area contributed by atoms with Gasteiger partial charge in [-0.15, -0.1) is 0 Å². The topological polar surface area (TPSA) is 0 Å². The van der Waals surface area contributed by atoms with Gasteiger partial charge >= 0.3 is 0 Å². The monoisotopic (exact) mass is 925 g/mol. The lowest BCUT2D eigenvalue weighted by atomic mass is 9.74. The Morgan fingerprint density at radius 1 is 0.348 bits per heavy atom. The van der Waals surface area contributed by atoms with Crippen molar-refractivity contribution < 1.29 is 0 Å². The summed E-state index contributed by atoms with van der Waals surface area (Å²) >= 11 is 0. The molecular weight excluding hydrogens is 793 g/mol. The summed E-state index contributed by atoms with van der Waals surface area (Å²) < 4.78 is 0. The number of unbranched alkanes of at least 4 members (excludes halogenated alkanes) is 2. The Morgan fingerprint density at radius 3 is 0.833 bits per heavy atom. The van der Waals surface area contributed by atoms with Crippen LogP contribution < -0.4 is 0 Å². The van der Waals surface area contributed by atoms with Crippen LogP contribution in [0.4, 0.5) is 0 Å². The fraction of sp³-hybridized carbons (Fsp3) is 0.818. The van der Waals surface area contributed by atoms with E-state index in [9.17, 15) is 0 Å². The lowest BCUT2D eigenvalue weighted by Crippen LogP contribution is -2.19. The SMILES string of the molecule is CC.CC.CC.CC.CC.CC1CCC(CC2CCC(C)CC2)CC1.CC1CCCCC1.CCC.CCC.CCC1CCCCC1.CCCCC.Cc1ccc(Cc2ccc(C)cc2)cc1. The van der Waals surface area contributed by atoms with E-state index in [1.165, 1.54) is 176 Å². The molecule has 66 heavy (non-hydrogen) atoms. The van der Waals surface area contributed by atoms with Crippen LogP contribution in [-0.2, 0) is 6.42 Å². The lowest BCUT2D eigenvalue weighted by Gasteiger charge is -2.32. The van der Waals surface area contributed by atoms with E-state index in [4.69, 9.17) is 0 Å². The van der Waals surface area contributed by atoms with E-state index < -0.39 is 0 Å². The summed E-state index contributed by atoms with van der Waals surface area (Å²) in [6.45, 7) is 46.7. The van der Waals surface area contributed by atoms with E-state index >= 15 is 0 Å². The van der Waals surface area contributed by atoms with E-state index in [1.54, 1.807) is 6.42 Å². The molecule has 4 aliphatic rings. The molecule has 6 rings (SSSR count). The summed E-state index contributed by atoms with van der Waals surface area (Å²) in [5, 5.41) is 0. The van der Waals surface area contributed by atoms with Crippen LogP contribution in [0.1, 0.15) is 321 Å². The van der Waals surface area contributed by atoms with Crippen molar-refractivity contribution in [3.63, 3.8) is 0 Å². The second-order valence-corrected chi connectivity index (χ2v) is 19.1. The van der Waals surface area contributed by atoms with Crippen molar-refractivity contribution in [3.05, 3.63) is 70.8 Å². The summed E-state index contributed by atoms with van der Waals surface area (Å²) in [4.78, 5) is 0. The number of benzene rings is 2. The molecule has 0 amide bonds. The first kappa shape index (κ1) is 75.9. The van der Waals surface area contributed by atoms with Crippen molar-refractivity contribution in [2.75, 3.05) is 0 Å². The summed E-state index contributed by atoms with van der Waals surface area (Å²) in [6.07, 6.45) is 37.7. The van der Waals surface area contributed by atoms with E-state index in [0.29, 0.717) is 0 Å². The molecule has 0 radical (unpaired) electrons. The van der Waals surface area contributed by atoms with Gasteiger partial charge in [0.2, 0.25) is 0 Å². The molecule has 0 N–H and O–H groups in total. The zero-order chi connectivity index (χ0) is 51.8. The maximum atomic E-state index is 2.43. The van der Waals surface area contributed by atoms with E-state index in [1.807, 2.05) is 69.2 Å². The smallest absolute Gasteiger partial charge is 0.00258 e. The molecule has 4 fully saturated rings. The molecular formula is C66H132. The molecule has 0 nitrogen and oxygen atoms in total. The van der Waals surface area contributed by atoms with E-state index in [-0.39, 0.29) is 0 Å². The Balaban J connectivity index is -0.000000164. The maximum Gasteiger partial charge on any atom is -0.00258 e. The first-order valence-corrected chi connectivity index (χ1v) is 30.2. The standard InChI is InChI=1S/C15H28.C15H16.C8H16.C7H14.C5H12.2C3H8.5C2H6/c2*1-12-3-7-14(8-4-12)11-15-9-5-13(2)6-10-15;1-2-8-6-4-3-5-7-8;1-7-5-3-2-4-6-7;1-3-5-4-2;2*1-3-2;5*1-2/h12-15H,3-11H2,1-2H3;3-10H,11H2,1-2H3;8H,2-7H2,1H3;7H,2-6H2,1H3;3-5H2,1-2H3;2*3H2,1-2H3;5*1-2H3. The average molecular weight is 926 g/mol. The second-order valence-electron chi connectivity index (χ2n) is 19.1. The largest absolute Gasteiger partial charge is 0.0683 e. The fourth-order valence-electron chi connectivity index (χ4n) is 8.50. The third kappa shape index (κ3) is 53.4. The van der Waals surface area contributed by atoms with Gasteiger partial charge in [0.05, 0.1) is 0 Å². The van der Waals surface area contributed by atoms with Crippen LogP contribution >= 0.6 is 0 Å². The number of hydrogen-bond donors (Lipinski definition) is 0. The van der Waals surface area contributed by atoms with Gasteiger partial charge < -0.3 is 0 Å². The van der Waals surface area contributed by atoms with Crippen LogP contribution in [0, 0.1) is 49.4 Å². The van der Waals surface area contributed by atoms with Gasteiger partial charge in [0.25, 0.3) is 0 Å². The van der Waals surface area contributed by atoms with Gasteiger partial charge in [0, 0.05) is 0 Å². The van der Waals surface area contributed by atoms with Crippen LogP contribution in [0.3, 0.4) is 0 Å². The van der Waals surface area contributed by atoms with Crippen LogP contribution in [0.2, 0.25) is 0 Å². The molecule has 2 aromatic rings. The van der Waals surface area contributed by atoms with Crippen molar-refractivity contribution in [1.29, 1.82) is 0 Å². The van der Waals surface area contributed by atoms with E-state index in [2.05, 4.69) is 132 Å². The van der Waals surface area contributed by atoms with Gasteiger partial charge in [-0.25, -0.2) is 0 Å². The molecule has 0 unspecified atom stereocenters. The average Bonchev–Trinajstić information content (AvgIpc) is 3.37. The Labute approximate surface area is 423 Å². The Morgan fingerprint density at radius 2 is 0.621 bits per heavy atom. The highest BCUT2D eigenvalue weighted by Gasteiger charge is 2.24. The zero-order valence-corrected chi connectivity index (χ0v) is 50.5. The van der Waals surface area contributed by atoms with Gasteiger partial charge in [-0.1, -0.05) is 352 Å². The van der Waals surface area contributed by atoms with Crippen LogP contribution in [-0.4, -0.2) is 0 Å². The first-order valence-electron chi connectivity index (χ1n) is 30.2. The molecule has 0 aliphatic heterocycles. The third-order valence-electron chi connectivity index (χ3n) is 12.5. The van der Waals surface area contributed by atoms with E-state index in [0.717, 1.165) is 41.9 Å². The molecule has 396 valence electrons. The molecule has 4 saturated carbocycles. The molecule has 0 spiro atoms.